The zero-order chi connectivity index (χ0) is 19.6. The predicted molar refractivity (Wildman–Crippen MR) is 101 cm³/mol. The van der Waals surface area contributed by atoms with Crippen molar-refractivity contribution in [3.8, 4) is 0 Å². The van der Waals surface area contributed by atoms with Crippen molar-refractivity contribution in [2.24, 2.45) is 0 Å². The highest BCUT2D eigenvalue weighted by atomic mass is 35.5. The Labute approximate surface area is 158 Å². The molecule has 2 amide bonds. The molecule has 1 fully saturated rings. The minimum absolute atomic E-state index is 0.234. The number of amides is 2. The Morgan fingerprint density at radius 2 is 2.00 bits per heavy atom. The van der Waals surface area contributed by atoms with Crippen molar-refractivity contribution in [2.45, 2.75) is 51.9 Å². The lowest BCUT2D eigenvalue weighted by Crippen LogP contribution is -2.45. The fourth-order valence-corrected chi connectivity index (χ4v) is 2.93. The number of ether oxygens (including phenoxy) is 2. The van der Waals surface area contributed by atoms with Crippen LogP contribution in [0.15, 0.2) is 12.1 Å². The van der Waals surface area contributed by atoms with Crippen LogP contribution in [-0.4, -0.2) is 48.3 Å². The number of nitrogens with zero attached hydrogens (tertiary/aromatic N) is 1. The molecule has 144 valence electrons. The van der Waals surface area contributed by atoms with Crippen LogP contribution in [0.1, 0.15) is 32.8 Å². The summed E-state index contributed by atoms with van der Waals surface area (Å²) in [7, 11) is 1.55. The Bertz CT molecular complexity index is 702. The lowest BCUT2D eigenvalue weighted by molar-refractivity contribution is -0.120. The molecule has 0 spiro atoms. The van der Waals surface area contributed by atoms with E-state index < -0.39 is 17.7 Å². The molecule has 1 aromatic carbocycles. The van der Waals surface area contributed by atoms with Crippen molar-refractivity contribution in [2.75, 3.05) is 24.7 Å². The molecule has 3 N–H and O–H groups in total. The average molecular weight is 384 g/mol. The number of methoxy groups -OCH3 is 1. The third-order valence-corrected chi connectivity index (χ3v) is 4.64. The number of hydrogen-bond donors (Lipinski definition) is 2. The van der Waals surface area contributed by atoms with E-state index in [0.717, 1.165) is 0 Å². The number of halogens is 1. The molecular weight excluding hydrogens is 358 g/mol. The van der Waals surface area contributed by atoms with Gasteiger partial charge in [0.2, 0.25) is 5.91 Å². The quantitative estimate of drug-likeness (QED) is 0.781. The second-order valence-corrected chi connectivity index (χ2v) is 7.77. The molecule has 1 heterocycles. The van der Waals surface area contributed by atoms with Gasteiger partial charge >= 0.3 is 6.09 Å². The molecule has 0 radical (unpaired) electrons. The Kier molecular flexibility index (Phi) is 6.03. The van der Waals surface area contributed by atoms with E-state index in [0.29, 0.717) is 34.9 Å². The van der Waals surface area contributed by atoms with E-state index in [-0.39, 0.29) is 12.0 Å². The first-order valence-corrected chi connectivity index (χ1v) is 8.79. The molecule has 8 heteroatoms. The van der Waals surface area contributed by atoms with Crippen molar-refractivity contribution in [1.29, 1.82) is 0 Å². The van der Waals surface area contributed by atoms with Crippen molar-refractivity contribution in [1.82, 2.24) is 4.90 Å². The van der Waals surface area contributed by atoms with Gasteiger partial charge in [0.15, 0.2) is 0 Å². The minimum Gasteiger partial charge on any atom is -0.444 e. The van der Waals surface area contributed by atoms with E-state index in [9.17, 15) is 9.59 Å². The highest BCUT2D eigenvalue weighted by Gasteiger charge is 2.41. The number of benzene rings is 1. The standard InChI is InChI=1S/C18H26ClN3O4/c1-10-12(19)6-7-13(15(10)20)21-16(23)14-8-11(25-5)9-22(14)17(24)26-18(2,3)4/h6-7,11,14H,8-9,20H2,1-5H3,(H,21,23). The van der Waals surface area contributed by atoms with Crippen LogP contribution < -0.4 is 11.1 Å². The summed E-state index contributed by atoms with van der Waals surface area (Å²) in [6.45, 7) is 7.40. The van der Waals surface area contributed by atoms with Crippen LogP contribution in [0.5, 0.6) is 0 Å². The maximum absolute atomic E-state index is 12.8. The fourth-order valence-electron chi connectivity index (χ4n) is 2.77. The summed E-state index contributed by atoms with van der Waals surface area (Å²) in [5.74, 6) is -0.344. The smallest absolute Gasteiger partial charge is 0.411 e. The van der Waals surface area contributed by atoms with E-state index in [1.165, 1.54) is 4.90 Å². The minimum atomic E-state index is -0.704. The molecule has 26 heavy (non-hydrogen) atoms. The van der Waals surface area contributed by atoms with Crippen molar-refractivity contribution < 1.29 is 19.1 Å². The molecule has 0 aromatic heterocycles. The molecule has 2 unspecified atom stereocenters. The van der Waals surface area contributed by atoms with Crippen LogP contribution in [0.25, 0.3) is 0 Å². The molecule has 7 nitrogen and oxygen atoms in total. The number of rotatable bonds is 3. The summed E-state index contributed by atoms with van der Waals surface area (Å²) in [5, 5.41) is 3.31. The molecule has 0 bridgehead atoms. The number of nitrogens with two attached hydrogens (primary N) is 1. The number of anilines is 2. The molecule has 0 saturated carbocycles. The van der Waals surface area contributed by atoms with Gasteiger partial charge in [-0.3, -0.25) is 9.69 Å². The van der Waals surface area contributed by atoms with Crippen LogP contribution in [0.4, 0.5) is 16.2 Å². The Morgan fingerprint density at radius 1 is 1.35 bits per heavy atom. The third kappa shape index (κ3) is 4.59. The van der Waals surface area contributed by atoms with Gasteiger partial charge in [0.25, 0.3) is 0 Å². The number of likely N-dealkylation sites (tertiary alicyclic amines) is 1. The monoisotopic (exact) mass is 383 g/mol. The van der Waals surface area contributed by atoms with E-state index >= 15 is 0 Å². The zero-order valence-corrected chi connectivity index (χ0v) is 16.5. The van der Waals surface area contributed by atoms with E-state index in [1.807, 2.05) is 0 Å². The Morgan fingerprint density at radius 3 is 2.58 bits per heavy atom. The van der Waals surface area contributed by atoms with E-state index in [2.05, 4.69) is 5.32 Å². The van der Waals surface area contributed by atoms with Gasteiger partial charge < -0.3 is 20.5 Å². The average Bonchev–Trinajstić information content (AvgIpc) is 2.98. The van der Waals surface area contributed by atoms with Gasteiger partial charge in [-0.25, -0.2) is 4.79 Å². The first kappa shape index (κ1) is 20.3. The Balaban J connectivity index is 2.19. The summed E-state index contributed by atoms with van der Waals surface area (Å²) >= 11 is 6.04. The number of carbonyl (C=O) groups is 2. The van der Waals surface area contributed by atoms with Crippen molar-refractivity contribution in [3.63, 3.8) is 0 Å². The molecule has 1 aliphatic rings. The van der Waals surface area contributed by atoms with Gasteiger partial charge in [0.1, 0.15) is 11.6 Å². The maximum atomic E-state index is 12.8. The van der Waals surface area contributed by atoms with Crippen LogP contribution in [0.3, 0.4) is 0 Å². The van der Waals surface area contributed by atoms with Gasteiger partial charge in [-0.2, -0.15) is 0 Å². The van der Waals surface area contributed by atoms with E-state index in [1.54, 1.807) is 46.9 Å². The molecule has 1 aromatic rings. The molecule has 1 aliphatic heterocycles. The summed E-state index contributed by atoms with van der Waals surface area (Å²) in [4.78, 5) is 26.7. The van der Waals surface area contributed by atoms with Crippen molar-refractivity contribution in [3.05, 3.63) is 22.7 Å². The highest BCUT2D eigenvalue weighted by Crippen LogP contribution is 2.30. The molecule has 2 rings (SSSR count). The molecule has 0 aliphatic carbocycles. The summed E-state index contributed by atoms with van der Waals surface area (Å²) < 4.78 is 10.8. The highest BCUT2D eigenvalue weighted by molar-refractivity contribution is 6.32. The number of nitrogen functional groups attached to an aromatic ring is 1. The number of hydrogen-bond acceptors (Lipinski definition) is 5. The lowest BCUT2D eigenvalue weighted by atomic mass is 10.1. The first-order valence-electron chi connectivity index (χ1n) is 8.41. The summed E-state index contributed by atoms with van der Waals surface area (Å²) in [5.41, 5.74) is 6.93. The number of nitrogens with one attached hydrogen (secondary N) is 1. The van der Waals surface area contributed by atoms with Crippen LogP contribution in [-0.2, 0) is 14.3 Å². The van der Waals surface area contributed by atoms with Gasteiger partial charge in [0.05, 0.1) is 24.0 Å². The maximum Gasteiger partial charge on any atom is 0.411 e. The first-order chi connectivity index (χ1) is 12.0. The largest absolute Gasteiger partial charge is 0.444 e. The Hall–Kier alpha value is -1.99. The van der Waals surface area contributed by atoms with Crippen LogP contribution >= 0.6 is 11.6 Å². The van der Waals surface area contributed by atoms with Crippen LogP contribution in [0.2, 0.25) is 5.02 Å². The SMILES string of the molecule is COC1CC(C(=O)Nc2ccc(Cl)c(C)c2N)N(C(=O)OC(C)(C)C)C1. The molecule has 2 atom stereocenters. The van der Waals surface area contributed by atoms with Gasteiger partial charge in [-0.05, 0) is 45.4 Å². The molecular formula is C18H26ClN3O4. The van der Waals surface area contributed by atoms with Gasteiger partial charge in [0, 0.05) is 18.6 Å². The molecule has 1 saturated heterocycles. The van der Waals surface area contributed by atoms with Crippen molar-refractivity contribution >= 4 is 35.0 Å². The second kappa shape index (κ2) is 7.72. The zero-order valence-electron chi connectivity index (χ0n) is 15.8. The summed E-state index contributed by atoms with van der Waals surface area (Å²) in [6.07, 6.45) is -0.395. The fraction of sp³-hybridized carbons (Fsp3) is 0.556. The van der Waals surface area contributed by atoms with Gasteiger partial charge in [-0.1, -0.05) is 11.6 Å². The summed E-state index contributed by atoms with van der Waals surface area (Å²) in [6, 6.07) is 2.61. The third-order valence-electron chi connectivity index (χ3n) is 4.23. The van der Waals surface area contributed by atoms with E-state index in [4.69, 9.17) is 26.8 Å². The van der Waals surface area contributed by atoms with Crippen LogP contribution in [0, 0.1) is 6.92 Å². The normalized spacial score (nSPS) is 20.2. The number of carbonyl (C=O) groups excluding carboxylic acids is 2. The predicted octanol–water partition coefficient (Wildman–Crippen LogP) is 3.19. The van der Waals surface area contributed by atoms with Gasteiger partial charge in [-0.15, -0.1) is 0 Å². The topological polar surface area (TPSA) is 93.9 Å². The second-order valence-electron chi connectivity index (χ2n) is 7.36. The lowest BCUT2D eigenvalue weighted by Gasteiger charge is -2.28.